The maximum Gasteiger partial charge on any atom is 0.0897 e. The summed E-state index contributed by atoms with van der Waals surface area (Å²) in [5.41, 5.74) is 0. The van der Waals surface area contributed by atoms with E-state index in [0.29, 0.717) is 19.8 Å². The molecule has 1 aliphatic heterocycles. The van der Waals surface area contributed by atoms with Crippen LogP contribution >= 0.6 is 0 Å². The van der Waals surface area contributed by atoms with Crippen LogP contribution in [-0.2, 0) is 14.2 Å². The van der Waals surface area contributed by atoms with Gasteiger partial charge in [0.1, 0.15) is 0 Å². The Morgan fingerprint density at radius 2 is 2.11 bits per heavy atom. The number of hydrogen-bond donors (Lipinski definition) is 2. The third-order valence-electron chi connectivity index (χ3n) is 3.49. The lowest BCUT2D eigenvalue weighted by molar-refractivity contribution is -0.0167. The van der Waals surface area contributed by atoms with E-state index in [4.69, 9.17) is 14.2 Å². The van der Waals surface area contributed by atoms with E-state index in [1.165, 1.54) is 12.8 Å². The second-order valence-corrected chi connectivity index (χ2v) is 5.55. The topological polar surface area (TPSA) is 60.0 Å². The second kappa shape index (κ2) is 8.87. The van der Waals surface area contributed by atoms with Crippen molar-refractivity contribution in [2.24, 2.45) is 5.92 Å². The van der Waals surface area contributed by atoms with E-state index in [2.05, 4.69) is 5.32 Å². The lowest BCUT2D eigenvalue weighted by Crippen LogP contribution is -2.33. The maximum absolute atomic E-state index is 9.71. The molecule has 1 heterocycles. The van der Waals surface area contributed by atoms with Gasteiger partial charge in [-0.15, -0.1) is 0 Å². The highest BCUT2D eigenvalue weighted by Gasteiger charge is 2.20. The quantitative estimate of drug-likeness (QED) is 0.539. The van der Waals surface area contributed by atoms with Crippen molar-refractivity contribution in [1.82, 2.24) is 5.32 Å². The number of ether oxygens (including phenoxy) is 3. The van der Waals surface area contributed by atoms with Crippen LogP contribution in [0.2, 0.25) is 0 Å². The first-order valence-corrected chi connectivity index (χ1v) is 7.50. The van der Waals surface area contributed by atoms with E-state index in [0.717, 1.165) is 45.1 Å². The fraction of sp³-hybridized carbons (Fsp3) is 1.00. The highest BCUT2D eigenvalue weighted by atomic mass is 16.5. The molecule has 2 fully saturated rings. The zero-order chi connectivity index (χ0) is 13.3. The summed E-state index contributed by atoms with van der Waals surface area (Å²) in [4.78, 5) is 0. The first kappa shape index (κ1) is 15.2. The Kier molecular flexibility index (Phi) is 7.09. The van der Waals surface area contributed by atoms with Gasteiger partial charge in [0.05, 0.1) is 32.0 Å². The van der Waals surface area contributed by atoms with Gasteiger partial charge in [0.15, 0.2) is 0 Å². The molecule has 1 saturated heterocycles. The Labute approximate surface area is 115 Å². The van der Waals surface area contributed by atoms with Crippen LogP contribution in [0, 0.1) is 5.92 Å². The van der Waals surface area contributed by atoms with Crippen molar-refractivity contribution < 1.29 is 19.3 Å². The molecule has 2 N–H and O–H groups in total. The molecule has 0 aromatic rings. The number of rotatable bonds is 11. The molecular formula is C14H27NO4. The highest BCUT2D eigenvalue weighted by Crippen LogP contribution is 2.28. The smallest absolute Gasteiger partial charge is 0.0897 e. The lowest BCUT2D eigenvalue weighted by atomic mass is 10.2. The molecule has 0 spiro atoms. The molecule has 112 valence electrons. The minimum absolute atomic E-state index is 0.232. The van der Waals surface area contributed by atoms with Crippen LogP contribution in [0.3, 0.4) is 0 Å². The second-order valence-electron chi connectivity index (χ2n) is 5.55. The molecule has 1 saturated carbocycles. The molecule has 0 aromatic heterocycles. The van der Waals surface area contributed by atoms with Crippen LogP contribution < -0.4 is 5.32 Å². The van der Waals surface area contributed by atoms with Crippen LogP contribution in [0.1, 0.15) is 25.7 Å². The van der Waals surface area contributed by atoms with Crippen molar-refractivity contribution >= 4 is 0 Å². The van der Waals surface area contributed by atoms with Gasteiger partial charge in [0.2, 0.25) is 0 Å². The van der Waals surface area contributed by atoms with E-state index in [-0.39, 0.29) is 6.10 Å². The lowest BCUT2D eigenvalue weighted by Gasteiger charge is -2.14. The molecule has 2 rings (SSSR count). The Morgan fingerprint density at radius 1 is 1.21 bits per heavy atom. The summed E-state index contributed by atoms with van der Waals surface area (Å²) in [5.74, 6) is 0.816. The Hall–Kier alpha value is -0.200. The van der Waals surface area contributed by atoms with E-state index in [9.17, 15) is 5.11 Å². The number of aliphatic hydroxyl groups excluding tert-OH is 1. The molecule has 1 aliphatic carbocycles. The van der Waals surface area contributed by atoms with Crippen molar-refractivity contribution in [3.05, 3.63) is 0 Å². The normalized spacial score (nSPS) is 24.8. The van der Waals surface area contributed by atoms with Gasteiger partial charge in [-0.25, -0.2) is 0 Å². The van der Waals surface area contributed by atoms with E-state index >= 15 is 0 Å². The average Bonchev–Trinajstić information content (AvgIpc) is 3.08. The summed E-state index contributed by atoms with van der Waals surface area (Å²) < 4.78 is 16.4. The van der Waals surface area contributed by atoms with Gasteiger partial charge in [-0.2, -0.15) is 0 Å². The minimum Gasteiger partial charge on any atom is -0.389 e. The largest absolute Gasteiger partial charge is 0.389 e. The molecule has 5 heteroatoms. The highest BCUT2D eigenvalue weighted by molar-refractivity contribution is 4.72. The van der Waals surface area contributed by atoms with Gasteiger partial charge in [-0.05, 0) is 31.6 Å². The molecule has 0 aromatic carbocycles. The van der Waals surface area contributed by atoms with Crippen LogP contribution in [-0.4, -0.2) is 63.4 Å². The summed E-state index contributed by atoms with van der Waals surface area (Å²) in [5, 5.41) is 12.9. The molecular weight excluding hydrogens is 246 g/mol. The molecule has 2 unspecified atom stereocenters. The van der Waals surface area contributed by atoms with E-state index in [1.54, 1.807) is 0 Å². The third kappa shape index (κ3) is 7.22. The fourth-order valence-corrected chi connectivity index (χ4v) is 2.12. The molecule has 19 heavy (non-hydrogen) atoms. The van der Waals surface area contributed by atoms with E-state index < -0.39 is 6.10 Å². The van der Waals surface area contributed by atoms with Gasteiger partial charge in [-0.3, -0.25) is 0 Å². The molecule has 5 nitrogen and oxygen atoms in total. The first-order chi connectivity index (χ1) is 9.34. The standard InChI is InChI=1S/C14H27NO4/c16-13(10-18-11-14-2-1-6-19-14)8-15-5-7-17-9-12-3-4-12/h12-16H,1-11H2. The minimum atomic E-state index is -0.454. The summed E-state index contributed by atoms with van der Waals surface area (Å²) in [6.45, 7) is 4.78. The SMILES string of the molecule is OC(CNCCOCC1CC1)COCC1CCCO1. The molecule has 0 bridgehead atoms. The van der Waals surface area contributed by atoms with Crippen molar-refractivity contribution in [1.29, 1.82) is 0 Å². The monoisotopic (exact) mass is 273 g/mol. The number of aliphatic hydroxyl groups is 1. The summed E-state index contributed by atoms with van der Waals surface area (Å²) >= 11 is 0. The molecule has 0 amide bonds. The first-order valence-electron chi connectivity index (χ1n) is 7.50. The molecule has 2 atom stereocenters. The van der Waals surface area contributed by atoms with Crippen molar-refractivity contribution in [3.63, 3.8) is 0 Å². The Bertz CT molecular complexity index is 229. The summed E-state index contributed by atoms with van der Waals surface area (Å²) in [6, 6.07) is 0. The Balaban J connectivity index is 1.33. The number of hydrogen-bond acceptors (Lipinski definition) is 5. The molecule has 0 radical (unpaired) electrons. The zero-order valence-electron chi connectivity index (χ0n) is 11.7. The summed E-state index contributed by atoms with van der Waals surface area (Å²) in [7, 11) is 0. The third-order valence-corrected chi connectivity index (χ3v) is 3.49. The number of nitrogens with one attached hydrogen (secondary N) is 1. The van der Waals surface area contributed by atoms with Gasteiger partial charge >= 0.3 is 0 Å². The van der Waals surface area contributed by atoms with Gasteiger partial charge in [0, 0.05) is 26.3 Å². The van der Waals surface area contributed by atoms with Crippen LogP contribution in [0.15, 0.2) is 0 Å². The van der Waals surface area contributed by atoms with Crippen LogP contribution in [0.5, 0.6) is 0 Å². The van der Waals surface area contributed by atoms with Gasteiger partial charge in [-0.1, -0.05) is 0 Å². The van der Waals surface area contributed by atoms with Gasteiger partial charge in [0.25, 0.3) is 0 Å². The zero-order valence-corrected chi connectivity index (χ0v) is 11.7. The molecule has 2 aliphatic rings. The average molecular weight is 273 g/mol. The Morgan fingerprint density at radius 3 is 2.84 bits per heavy atom. The maximum atomic E-state index is 9.71. The van der Waals surface area contributed by atoms with Crippen molar-refractivity contribution in [2.45, 2.75) is 37.9 Å². The van der Waals surface area contributed by atoms with Crippen LogP contribution in [0.25, 0.3) is 0 Å². The van der Waals surface area contributed by atoms with Crippen molar-refractivity contribution in [2.75, 3.05) is 46.1 Å². The van der Waals surface area contributed by atoms with Gasteiger partial charge < -0.3 is 24.6 Å². The van der Waals surface area contributed by atoms with E-state index in [1.807, 2.05) is 0 Å². The van der Waals surface area contributed by atoms with Crippen LogP contribution in [0.4, 0.5) is 0 Å². The predicted molar refractivity (Wildman–Crippen MR) is 72.2 cm³/mol. The van der Waals surface area contributed by atoms with Crippen molar-refractivity contribution in [3.8, 4) is 0 Å². The predicted octanol–water partition coefficient (Wildman–Crippen LogP) is 0.559. The fourth-order valence-electron chi connectivity index (χ4n) is 2.12. The summed E-state index contributed by atoms with van der Waals surface area (Å²) in [6.07, 6.45) is 4.63.